The molecule has 0 aliphatic heterocycles. The van der Waals surface area contributed by atoms with E-state index >= 15 is 0 Å². The number of amides is 1. The van der Waals surface area contributed by atoms with E-state index in [1.54, 1.807) is 24.6 Å². The van der Waals surface area contributed by atoms with Crippen molar-refractivity contribution < 1.29 is 9.90 Å². The zero-order valence-electron chi connectivity index (χ0n) is 16.3. The van der Waals surface area contributed by atoms with Crippen LogP contribution in [0, 0.1) is 0 Å². The summed E-state index contributed by atoms with van der Waals surface area (Å²) < 4.78 is 1.70. The predicted molar refractivity (Wildman–Crippen MR) is 110 cm³/mol. The zero-order valence-corrected chi connectivity index (χ0v) is 17.0. The SMILES string of the molecule is CC(C)(CO)NC(=O)c1cc(-c2ccc(Cl)cc2)cc(-n2nnnc2C2CC2)c1. The second-order valence-electron chi connectivity index (χ2n) is 7.99. The van der Waals surface area contributed by atoms with E-state index in [9.17, 15) is 9.90 Å². The molecule has 2 N–H and O–H groups in total. The van der Waals surface area contributed by atoms with Crippen molar-refractivity contribution in [3.05, 3.63) is 58.9 Å². The number of rotatable bonds is 6. The highest BCUT2D eigenvalue weighted by Crippen LogP contribution is 2.39. The Morgan fingerprint density at radius 1 is 1.21 bits per heavy atom. The van der Waals surface area contributed by atoms with Gasteiger partial charge in [0.25, 0.3) is 5.91 Å². The average Bonchev–Trinajstić information content (AvgIpc) is 3.44. The molecule has 150 valence electrons. The molecule has 1 aliphatic rings. The highest BCUT2D eigenvalue weighted by molar-refractivity contribution is 6.30. The van der Waals surface area contributed by atoms with Gasteiger partial charge in [-0.2, -0.15) is 4.68 Å². The maximum atomic E-state index is 12.9. The lowest BCUT2D eigenvalue weighted by Crippen LogP contribution is -2.46. The molecule has 29 heavy (non-hydrogen) atoms. The minimum atomic E-state index is -0.735. The average molecular weight is 412 g/mol. The Labute approximate surface area is 173 Å². The van der Waals surface area contributed by atoms with Crippen LogP contribution in [0.2, 0.25) is 5.02 Å². The molecule has 1 heterocycles. The Bertz CT molecular complexity index is 1040. The fraction of sp³-hybridized carbons (Fsp3) is 0.333. The number of aliphatic hydroxyl groups excluding tert-OH is 1. The largest absolute Gasteiger partial charge is 0.394 e. The molecular weight excluding hydrogens is 390 g/mol. The van der Waals surface area contributed by atoms with Gasteiger partial charge in [0.1, 0.15) is 0 Å². The number of aromatic nitrogens is 4. The van der Waals surface area contributed by atoms with Gasteiger partial charge < -0.3 is 10.4 Å². The second-order valence-corrected chi connectivity index (χ2v) is 8.43. The number of aliphatic hydroxyl groups is 1. The summed E-state index contributed by atoms with van der Waals surface area (Å²) in [5, 5.41) is 25.2. The van der Waals surface area contributed by atoms with Crippen LogP contribution >= 0.6 is 11.6 Å². The van der Waals surface area contributed by atoms with Gasteiger partial charge in [-0.25, -0.2) is 0 Å². The van der Waals surface area contributed by atoms with Gasteiger partial charge in [0, 0.05) is 16.5 Å². The lowest BCUT2D eigenvalue weighted by molar-refractivity contribution is 0.0869. The molecule has 0 spiro atoms. The van der Waals surface area contributed by atoms with Crippen molar-refractivity contribution in [2.24, 2.45) is 0 Å². The summed E-state index contributed by atoms with van der Waals surface area (Å²) in [4.78, 5) is 12.9. The van der Waals surface area contributed by atoms with Gasteiger partial charge in [0.05, 0.1) is 17.8 Å². The van der Waals surface area contributed by atoms with Gasteiger partial charge in [0.2, 0.25) is 0 Å². The number of carbonyl (C=O) groups excluding carboxylic acids is 1. The Kier molecular flexibility index (Phi) is 5.10. The van der Waals surface area contributed by atoms with Gasteiger partial charge in [-0.05, 0) is 78.6 Å². The summed E-state index contributed by atoms with van der Waals surface area (Å²) in [7, 11) is 0. The molecule has 1 amide bonds. The lowest BCUT2D eigenvalue weighted by atomic mass is 10.0. The number of hydrogen-bond acceptors (Lipinski definition) is 5. The number of nitrogens with one attached hydrogen (secondary N) is 1. The van der Waals surface area contributed by atoms with E-state index in [-0.39, 0.29) is 12.5 Å². The van der Waals surface area contributed by atoms with Gasteiger partial charge >= 0.3 is 0 Å². The van der Waals surface area contributed by atoms with E-state index in [0.717, 1.165) is 35.5 Å². The van der Waals surface area contributed by atoms with Crippen molar-refractivity contribution in [1.29, 1.82) is 0 Å². The first kappa shape index (κ1) is 19.5. The minimum absolute atomic E-state index is 0.165. The van der Waals surface area contributed by atoms with Gasteiger partial charge in [-0.1, -0.05) is 23.7 Å². The monoisotopic (exact) mass is 411 g/mol. The van der Waals surface area contributed by atoms with Crippen LogP contribution in [-0.4, -0.2) is 43.4 Å². The van der Waals surface area contributed by atoms with E-state index in [1.165, 1.54) is 0 Å². The van der Waals surface area contributed by atoms with Crippen LogP contribution in [-0.2, 0) is 0 Å². The number of carbonyl (C=O) groups is 1. The first-order valence-corrected chi connectivity index (χ1v) is 9.87. The van der Waals surface area contributed by atoms with E-state index in [4.69, 9.17) is 11.6 Å². The van der Waals surface area contributed by atoms with Crippen LogP contribution in [0.4, 0.5) is 0 Å². The van der Waals surface area contributed by atoms with Crippen molar-refractivity contribution >= 4 is 17.5 Å². The van der Waals surface area contributed by atoms with Crippen molar-refractivity contribution in [3.8, 4) is 16.8 Å². The van der Waals surface area contributed by atoms with Crippen LogP contribution in [0.3, 0.4) is 0 Å². The van der Waals surface area contributed by atoms with Gasteiger partial charge in [-0.3, -0.25) is 4.79 Å². The minimum Gasteiger partial charge on any atom is -0.394 e. The summed E-state index contributed by atoms with van der Waals surface area (Å²) in [5.74, 6) is 0.886. The fourth-order valence-electron chi connectivity index (χ4n) is 3.07. The molecule has 3 aromatic rings. The summed E-state index contributed by atoms with van der Waals surface area (Å²) in [6.07, 6.45) is 2.13. The highest BCUT2D eigenvalue weighted by atomic mass is 35.5. The number of benzene rings is 2. The lowest BCUT2D eigenvalue weighted by Gasteiger charge is -2.23. The molecule has 0 unspecified atom stereocenters. The van der Waals surface area contributed by atoms with Crippen molar-refractivity contribution in [3.63, 3.8) is 0 Å². The van der Waals surface area contributed by atoms with Crippen LogP contribution in [0.1, 0.15) is 48.8 Å². The molecule has 8 heteroatoms. The summed E-state index contributed by atoms with van der Waals surface area (Å²) >= 11 is 6.03. The highest BCUT2D eigenvalue weighted by Gasteiger charge is 2.30. The third kappa shape index (κ3) is 4.31. The molecule has 2 aromatic carbocycles. The molecule has 7 nitrogen and oxygen atoms in total. The number of tetrazole rings is 1. The molecule has 1 aromatic heterocycles. The van der Waals surface area contributed by atoms with Crippen LogP contribution < -0.4 is 5.32 Å². The number of nitrogens with zero attached hydrogens (tertiary/aromatic N) is 4. The van der Waals surface area contributed by atoms with Crippen molar-refractivity contribution in [1.82, 2.24) is 25.5 Å². The smallest absolute Gasteiger partial charge is 0.251 e. The first-order chi connectivity index (χ1) is 13.9. The second kappa shape index (κ2) is 7.57. The number of hydrogen-bond donors (Lipinski definition) is 2. The van der Waals surface area contributed by atoms with Crippen LogP contribution in [0.25, 0.3) is 16.8 Å². The predicted octanol–water partition coefficient (Wildman–Crippen LogP) is 3.36. The van der Waals surface area contributed by atoms with Gasteiger partial charge in [0.15, 0.2) is 5.82 Å². The summed E-state index contributed by atoms with van der Waals surface area (Å²) in [6.45, 7) is 3.37. The van der Waals surface area contributed by atoms with Gasteiger partial charge in [-0.15, -0.1) is 5.10 Å². The van der Waals surface area contributed by atoms with Crippen LogP contribution in [0.15, 0.2) is 42.5 Å². The molecule has 1 saturated carbocycles. The maximum Gasteiger partial charge on any atom is 0.251 e. The van der Waals surface area contributed by atoms with Crippen LogP contribution in [0.5, 0.6) is 0 Å². The van der Waals surface area contributed by atoms with E-state index in [0.29, 0.717) is 16.5 Å². The summed E-state index contributed by atoms with van der Waals surface area (Å²) in [5.41, 5.74) is 2.22. The molecule has 0 atom stereocenters. The standard InChI is InChI=1S/C21H22ClN5O2/c1-21(2,12-28)23-20(29)16-9-15(13-5-7-17(22)8-6-13)10-18(11-16)27-19(14-3-4-14)24-25-26-27/h5-11,14,28H,3-4,12H2,1-2H3,(H,23,29). The molecule has 0 saturated heterocycles. The van der Waals surface area contributed by atoms with E-state index in [1.807, 2.05) is 36.4 Å². The topological polar surface area (TPSA) is 92.9 Å². The van der Waals surface area contributed by atoms with Crippen molar-refractivity contribution in [2.75, 3.05) is 6.61 Å². The fourth-order valence-corrected chi connectivity index (χ4v) is 3.19. The molecule has 1 fully saturated rings. The summed E-state index contributed by atoms with van der Waals surface area (Å²) in [6, 6.07) is 13.0. The zero-order chi connectivity index (χ0) is 20.6. The molecule has 0 bridgehead atoms. The van der Waals surface area contributed by atoms with Crippen molar-refractivity contribution in [2.45, 2.75) is 38.1 Å². The Morgan fingerprint density at radius 2 is 1.93 bits per heavy atom. The quantitative estimate of drug-likeness (QED) is 0.648. The Morgan fingerprint density at radius 3 is 2.59 bits per heavy atom. The Balaban J connectivity index is 1.80. The molecule has 0 radical (unpaired) electrons. The normalized spacial score (nSPS) is 14.1. The molecule has 1 aliphatic carbocycles. The molecular formula is C21H22ClN5O2. The third-order valence-corrected chi connectivity index (χ3v) is 5.14. The van der Waals surface area contributed by atoms with E-state index in [2.05, 4.69) is 20.8 Å². The third-order valence-electron chi connectivity index (χ3n) is 4.89. The number of halogens is 1. The molecule has 4 rings (SSSR count). The maximum absolute atomic E-state index is 12.9. The Hall–Kier alpha value is -2.77. The first-order valence-electron chi connectivity index (χ1n) is 9.49. The van der Waals surface area contributed by atoms with E-state index < -0.39 is 5.54 Å².